The molecule has 0 heterocycles. The Morgan fingerprint density at radius 1 is 1.05 bits per heavy atom. The predicted octanol–water partition coefficient (Wildman–Crippen LogP) is 2.86. The van der Waals surface area contributed by atoms with Crippen LogP contribution in [0.5, 0.6) is 0 Å². The first-order valence-electron chi connectivity index (χ1n) is 6.26. The number of ether oxygens (including phenoxy) is 1. The number of fused-ring (bicyclic) bond motifs is 3. The Bertz CT molecular complexity index is 585. The number of rotatable bonds is 3. The second kappa shape index (κ2) is 8.13. The van der Waals surface area contributed by atoms with Crippen molar-refractivity contribution >= 4 is 25.5 Å². The average molecular weight is 562 g/mol. The summed E-state index contributed by atoms with van der Waals surface area (Å²) in [4.78, 5) is 13.4. The van der Waals surface area contributed by atoms with Crippen LogP contribution >= 0.6 is 0 Å². The van der Waals surface area contributed by atoms with Crippen LogP contribution in [0.2, 0.25) is 4.87 Å². The van der Waals surface area contributed by atoms with Crippen LogP contribution in [0.1, 0.15) is 17.0 Å². The Kier molecular flexibility index (Phi) is 7.13. The minimum absolute atomic E-state index is 0. The van der Waals surface area contributed by atoms with Gasteiger partial charge >= 0.3 is 123 Å². The third kappa shape index (κ3) is 3.59. The van der Waals surface area contributed by atoms with Gasteiger partial charge in [0, 0.05) is 21.1 Å². The zero-order chi connectivity index (χ0) is 13.2. The summed E-state index contributed by atoms with van der Waals surface area (Å²) in [5, 5.41) is 0. The van der Waals surface area contributed by atoms with Crippen molar-refractivity contribution in [2.24, 2.45) is 0 Å². The summed E-state index contributed by atoms with van der Waals surface area (Å²) in [5.74, 6) is 0.193. The predicted molar refractivity (Wildman–Crippen MR) is 80.3 cm³/mol. The van der Waals surface area contributed by atoms with Crippen molar-refractivity contribution in [3.05, 3.63) is 59.7 Å². The van der Waals surface area contributed by atoms with Crippen molar-refractivity contribution in [2.45, 2.75) is 10.8 Å². The molecule has 0 amide bonds. The summed E-state index contributed by atoms with van der Waals surface area (Å²) < 4.78 is 5.43. The van der Waals surface area contributed by atoms with Crippen molar-refractivity contribution in [3.63, 3.8) is 0 Å². The van der Waals surface area contributed by atoms with E-state index in [1.165, 1.54) is 22.3 Å². The minimum atomic E-state index is -0.803. The fourth-order valence-electron chi connectivity index (χ4n) is 2.66. The molecule has 2 aromatic rings. The topological polar surface area (TPSA) is 57.8 Å². The Labute approximate surface area is 149 Å². The van der Waals surface area contributed by atoms with Crippen LogP contribution in [0.4, 0.5) is 4.79 Å². The van der Waals surface area contributed by atoms with Gasteiger partial charge in [0.15, 0.2) is 0 Å². The van der Waals surface area contributed by atoms with E-state index in [2.05, 4.69) is 48.5 Å². The van der Waals surface area contributed by atoms with Crippen LogP contribution in [-0.2, 0) is 25.8 Å². The van der Waals surface area contributed by atoms with E-state index in [0.717, 1.165) is 0 Å². The molecule has 1 aliphatic rings. The van der Waals surface area contributed by atoms with Crippen molar-refractivity contribution in [3.8, 4) is 11.1 Å². The molecule has 0 spiro atoms. The first kappa shape index (κ1) is 18.4. The Balaban J connectivity index is 0.00000110. The molecule has 3 rings (SSSR count). The monoisotopic (exact) mass is 561 g/mol. The van der Waals surface area contributed by atoms with Crippen molar-refractivity contribution in [1.82, 2.24) is 0 Å². The fourth-order valence-corrected chi connectivity index (χ4v) is 3.24. The van der Waals surface area contributed by atoms with Crippen LogP contribution in [0.25, 0.3) is 11.1 Å². The van der Waals surface area contributed by atoms with E-state index in [9.17, 15) is 4.79 Å². The molecule has 0 unspecified atom stereocenters. The number of benzene rings is 2. The van der Waals surface area contributed by atoms with E-state index in [4.69, 9.17) is 4.74 Å². The van der Waals surface area contributed by atoms with E-state index in [-0.39, 0.29) is 36.4 Å². The summed E-state index contributed by atoms with van der Waals surface area (Å²) >= 11 is -0.803. The quantitative estimate of drug-likeness (QED) is 0.541. The molecule has 0 bridgehead atoms. The van der Waals surface area contributed by atoms with Gasteiger partial charge in [-0.15, -0.1) is 0 Å². The number of carbonyl (C=O) groups is 1. The number of hydrogen-bond acceptors (Lipinski definition) is 2. The maximum atomic E-state index is 11.4. The van der Waals surface area contributed by atoms with Crippen molar-refractivity contribution < 1.29 is 36.1 Å². The molecule has 0 saturated carbocycles. The first-order chi connectivity index (χ1) is 9.31. The average Bonchev–Trinajstić information content (AvgIpc) is 2.79. The van der Waals surface area contributed by atoms with Gasteiger partial charge in [0.2, 0.25) is 0 Å². The number of hydrogen-bond donors (Lipinski definition) is 0. The minimum Gasteiger partial charge on any atom is 0 e. The SMILES string of the molecule is O.[CH3][Sb][C](=O)OCC1c2ccccc2-c2ccccc21.[W]. The van der Waals surface area contributed by atoms with Gasteiger partial charge in [0.05, 0.1) is 0 Å². The van der Waals surface area contributed by atoms with Crippen molar-refractivity contribution in [2.75, 3.05) is 6.61 Å². The van der Waals surface area contributed by atoms with Gasteiger partial charge < -0.3 is 5.48 Å². The number of carbonyl (C=O) groups excluding carboxylic acids is 1. The zero-order valence-corrected chi connectivity index (χ0v) is 17.1. The maximum Gasteiger partial charge on any atom is 0 e. The third-order valence-corrected chi connectivity index (χ3v) is 4.93. The van der Waals surface area contributed by atoms with E-state index < -0.39 is 21.6 Å². The van der Waals surface area contributed by atoms with Gasteiger partial charge in [-0.3, -0.25) is 0 Å². The Morgan fingerprint density at radius 2 is 1.52 bits per heavy atom. The van der Waals surface area contributed by atoms with Crippen LogP contribution < -0.4 is 0 Å². The van der Waals surface area contributed by atoms with Gasteiger partial charge in [0.1, 0.15) is 0 Å². The molecule has 1 aliphatic carbocycles. The smallest absolute Gasteiger partial charge is 0 e. The molecule has 0 saturated heterocycles. The van der Waals surface area contributed by atoms with Gasteiger partial charge in [0.25, 0.3) is 0 Å². The molecular formula is C16H16O3SbW. The fraction of sp³-hybridized carbons (Fsp3) is 0.188. The molecule has 0 aromatic heterocycles. The molecule has 0 fully saturated rings. The largest absolute Gasteiger partial charge is 0 e. The van der Waals surface area contributed by atoms with Gasteiger partial charge in [-0.2, -0.15) is 0 Å². The summed E-state index contributed by atoms with van der Waals surface area (Å²) in [5.41, 5.74) is 5.09. The van der Waals surface area contributed by atoms with Crippen molar-refractivity contribution in [1.29, 1.82) is 0 Å². The van der Waals surface area contributed by atoms with Gasteiger partial charge in [-0.25, -0.2) is 0 Å². The molecule has 3 nitrogen and oxygen atoms in total. The van der Waals surface area contributed by atoms with E-state index in [0.29, 0.717) is 6.61 Å². The third-order valence-electron chi connectivity index (χ3n) is 3.52. The molecule has 2 N–H and O–H groups in total. The Morgan fingerprint density at radius 3 is 2.00 bits per heavy atom. The zero-order valence-electron chi connectivity index (χ0n) is 11.6. The molecular weight excluding hydrogens is 546 g/mol. The second-order valence-electron chi connectivity index (χ2n) is 4.53. The summed E-state index contributed by atoms with van der Waals surface area (Å²) in [6.45, 7) is 0.469. The van der Waals surface area contributed by atoms with Crippen LogP contribution in [0, 0.1) is 0 Å². The molecule has 21 heavy (non-hydrogen) atoms. The van der Waals surface area contributed by atoms with Crippen LogP contribution in [-0.4, -0.2) is 37.6 Å². The van der Waals surface area contributed by atoms with Gasteiger partial charge in [-0.1, -0.05) is 0 Å². The molecule has 0 aliphatic heterocycles. The van der Waals surface area contributed by atoms with E-state index >= 15 is 0 Å². The van der Waals surface area contributed by atoms with Gasteiger partial charge in [-0.05, 0) is 0 Å². The maximum absolute atomic E-state index is 11.4. The molecule has 5 heteroatoms. The first-order valence-corrected chi connectivity index (χ1v) is 10.1. The van der Waals surface area contributed by atoms with E-state index in [1.807, 2.05) is 4.87 Å². The molecule has 1 radical (unpaired) electrons. The molecule has 2 aromatic carbocycles. The van der Waals surface area contributed by atoms with Crippen LogP contribution in [0.3, 0.4) is 0 Å². The van der Waals surface area contributed by atoms with E-state index in [1.54, 1.807) is 0 Å². The summed E-state index contributed by atoms with van der Waals surface area (Å²) in [6.07, 6.45) is 0. The standard InChI is InChI=1S/C15H11O2.CH3.H2O.Sb.W/c16-10-17-9-15-13-7-3-1-5-11(13)12-6-2-4-8-14(12)15;;;;/h1-8,15H,9H2;1H3;1H2;;. The molecule has 109 valence electrons. The van der Waals surface area contributed by atoms with Crippen LogP contribution in [0.15, 0.2) is 48.5 Å². The second-order valence-corrected chi connectivity index (χ2v) is 6.85. The summed E-state index contributed by atoms with van der Waals surface area (Å²) in [6, 6.07) is 16.8. The Hall–Kier alpha value is -0.624. The normalized spacial score (nSPS) is 11.7. The molecule has 0 atom stereocenters. The summed E-state index contributed by atoms with van der Waals surface area (Å²) in [7, 11) is 0.